The van der Waals surface area contributed by atoms with Gasteiger partial charge in [-0.05, 0) is 59.2 Å². The monoisotopic (exact) mass is 273 g/mol. The number of hydrogen-bond donors (Lipinski definition) is 1. The van der Waals surface area contributed by atoms with E-state index in [4.69, 9.17) is 0 Å². The number of nitrogens with one attached hydrogen (secondary N) is 1. The van der Waals surface area contributed by atoms with Gasteiger partial charge in [-0.15, -0.1) is 0 Å². The predicted octanol–water partition coefficient (Wildman–Crippen LogP) is 2.33. The first-order chi connectivity index (χ1) is 5.88. The Balaban J connectivity index is 2.42. The summed E-state index contributed by atoms with van der Waals surface area (Å²) in [6.07, 6.45) is 2.51. The maximum atomic E-state index is 3.44. The molecule has 0 radical (unpaired) electrons. The Morgan fingerprint density at radius 1 is 1.33 bits per heavy atom. The summed E-state index contributed by atoms with van der Waals surface area (Å²) in [7, 11) is 0. The molecule has 1 nitrogen and oxygen atoms in total. The fourth-order valence-electron chi connectivity index (χ4n) is 1.65. The highest BCUT2D eigenvalue weighted by molar-refractivity contribution is 14.1. The van der Waals surface area contributed by atoms with Gasteiger partial charge < -0.3 is 5.32 Å². The van der Waals surface area contributed by atoms with Gasteiger partial charge in [0.05, 0.1) is 0 Å². The van der Waals surface area contributed by atoms with Gasteiger partial charge in [0.15, 0.2) is 0 Å². The lowest BCUT2D eigenvalue weighted by Gasteiger charge is -2.06. The first kappa shape index (κ1) is 8.51. The van der Waals surface area contributed by atoms with Gasteiger partial charge in [0.25, 0.3) is 0 Å². The molecule has 1 N–H and O–H groups in total. The smallest absolute Gasteiger partial charge is 0.0218 e. The second-order valence-electron chi connectivity index (χ2n) is 3.16. The van der Waals surface area contributed by atoms with Crippen LogP contribution in [0.15, 0.2) is 18.2 Å². The Labute approximate surface area is 86.7 Å². The van der Waals surface area contributed by atoms with Crippen molar-refractivity contribution >= 4 is 22.6 Å². The summed E-state index contributed by atoms with van der Waals surface area (Å²) in [4.78, 5) is 0. The number of benzene rings is 1. The normalized spacial score (nSPS) is 16.8. The van der Waals surface area contributed by atoms with Crippen LogP contribution >= 0.6 is 22.6 Å². The molecule has 0 fully saturated rings. The topological polar surface area (TPSA) is 12.0 Å². The molecule has 0 atom stereocenters. The lowest BCUT2D eigenvalue weighted by Crippen LogP contribution is -2.12. The van der Waals surface area contributed by atoms with E-state index in [1.807, 2.05) is 0 Å². The van der Waals surface area contributed by atoms with Crippen LogP contribution in [0.3, 0.4) is 0 Å². The Bertz CT molecular complexity index is 283. The summed E-state index contributed by atoms with van der Waals surface area (Å²) < 4.78 is 1.40. The second kappa shape index (κ2) is 3.75. The molecule has 2 rings (SSSR count). The molecule has 0 amide bonds. The van der Waals surface area contributed by atoms with Crippen molar-refractivity contribution in [1.29, 1.82) is 0 Å². The van der Waals surface area contributed by atoms with Crippen LogP contribution in [0.2, 0.25) is 0 Å². The van der Waals surface area contributed by atoms with E-state index in [9.17, 15) is 0 Å². The maximum Gasteiger partial charge on any atom is 0.0218 e. The van der Waals surface area contributed by atoms with Crippen LogP contribution in [0.1, 0.15) is 17.5 Å². The minimum atomic E-state index is 1.05. The van der Waals surface area contributed by atoms with Crippen molar-refractivity contribution in [2.75, 3.05) is 6.54 Å². The third-order valence-electron chi connectivity index (χ3n) is 2.32. The number of rotatable bonds is 0. The SMILES string of the molecule is Ic1cccc2c1CNCCC2. The third kappa shape index (κ3) is 1.64. The molecule has 1 heterocycles. The first-order valence-electron chi connectivity index (χ1n) is 4.35. The average molecular weight is 273 g/mol. The molecular weight excluding hydrogens is 261 g/mol. The molecular formula is C10H12IN. The maximum absolute atomic E-state index is 3.44. The van der Waals surface area contributed by atoms with Crippen LogP contribution in [0.5, 0.6) is 0 Å². The number of halogens is 1. The first-order valence-corrected chi connectivity index (χ1v) is 5.43. The Morgan fingerprint density at radius 3 is 3.17 bits per heavy atom. The van der Waals surface area contributed by atoms with Crippen LogP contribution in [0.25, 0.3) is 0 Å². The predicted molar refractivity (Wildman–Crippen MR) is 59.2 cm³/mol. The molecule has 12 heavy (non-hydrogen) atoms. The van der Waals surface area contributed by atoms with Crippen molar-refractivity contribution in [2.45, 2.75) is 19.4 Å². The van der Waals surface area contributed by atoms with Gasteiger partial charge in [0.1, 0.15) is 0 Å². The standard InChI is InChI=1S/C10H12IN/c11-10-5-1-3-8-4-2-6-12-7-9(8)10/h1,3,5,12H,2,4,6-7H2. The van der Waals surface area contributed by atoms with E-state index in [1.54, 1.807) is 0 Å². The molecule has 0 saturated heterocycles. The van der Waals surface area contributed by atoms with E-state index >= 15 is 0 Å². The molecule has 0 aliphatic carbocycles. The van der Waals surface area contributed by atoms with Crippen LogP contribution in [-0.2, 0) is 13.0 Å². The molecule has 0 spiro atoms. The van der Waals surface area contributed by atoms with Crippen molar-refractivity contribution < 1.29 is 0 Å². The van der Waals surface area contributed by atoms with Crippen molar-refractivity contribution in [1.82, 2.24) is 5.32 Å². The Hall–Kier alpha value is -0.0900. The van der Waals surface area contributed by atoms with Gasteiger partial charge in [-0.3, -0.25) is 0 Å². The van der Waals surface area contributed by atoms with E-state index in [1.165, 1.54) is 27.5 Å². The fraction of sp³-hybridized carbons (Fsp3) is 0.400. The Kier molecular flexibility index (Phi) is 2.66. The molecule has 0 saturated carbocycles. The highest BCUT2D eigenvalue weighted by Crippen LogP contribution is 2.19. The number of hydrogen-bond acceptors (Lipinski definition) is 1. The van der Waals surface area contributed by atoms with E-state index in [2.05, 4.69) is 46.1 Å². The summed E-state index contributed by atoms with van der Waals surface area (Å²) in [5, 5.41) is 3.44. The van der Waals surface area contributed by atoms with Gasteiger partial charge in [-0.1, -0.05) is 12.1 Å². The van der Waals surface area contributed by atoms with Crippen molar-refractivity contribution in [3.63, 3.8) is 0 Å². The zero-order chi connectivity index (χ0) is 8.39. The van der Waals surface area contributed by atoms with Gasteiger partial charge in [-0.25, -0.2) is 0 Å². The quantitative estimate of drug-likeness (QED) is 0.715. The minimum Gasteiger partial charge on any atom is -0.313 e. The minimum absolute atomic E-state index is 1.05. The zero-order valence-electron chi connectivity index (χ0n) is 6.94. The molecule has 1 aromatic carbocycles. The summed E-state index contributed by atoms with van der Waals surface area (Å²) in [5.41, 5.74) is 3.04. The molecule has 1 aliphatic heterocycles. The van der Waals surface area contributed by atoms with Crippen molar-refractivity contribution in [3.05, 3.63) is 32.9 Å². The van der Waals surface area contributed by atoms with E-state index < -0.39 is 0 Å². The van der Waals surface area contributed by atoms with Crippen LogP contribution < -0.4 is 5.32 Å². The van der Waals surface area contributed by atoms with Gasteiger partial charge in [-0.2, -0.15) is 0 Å². The zero-order valence-corrected chi connectivity index (χ0v) is 9.10. The van der Waals surface area contributed by atoms with Gasteiger partial charge >= 0.3 is 0 Å². The summed E-state index contributed by atoms with van der Waals surface area (Å²) in [6.45, 7) is 2.21. The number of fused-ring (bicyclic) bond motifs is 1. The van der Waals surface area contributed by atoms with E-state index in [0.717, 1.165) is 13.1 Å². The highest BCUT2D eigenvalue weighted by atomic mass is 127. The molecule has 0 bridgehead atoms. The van der Waals surface area contributed by atoms with Crippen LogP contribution in [0, 0.1) is 3.57 Å². The molecule has 1 aliphatic rings. The van der Waals surface area contributed by atoms with Gasteiger partial charge in [0, 0.05) is 10.1 Å². The molecule has 0 unspecified atom stereocenters. The van der Waals surface area contributed by atoms with E-state index in [0.29, 0.717) is 0 Å². The molecule has 1 aromatic rings. The van der Waals surface area contributed by atoms with Crippen molar-refractivity contribution in [3.8, 4) is 0 Å². The molecule has 64 valence electrons. The van der Waals surface area contributed by atoms with E-state index in [-0.39, 0.29) is 0 Å². The van der Waals surface area contributed by atoms with Crippen molar-refractivity contribution in [2.24, 2.45) is 0 Å². The highest BCUT2D eigenvalue weighted by Gasteiger charge is 2.08. The largest absolute Gasteiger partial charge is 0.313 e. The van der Waals surface area contributed by atoms with Gasteiger partial charge in [0.2, 0.25) is 0 Å². The van der Waals surface area contributed by atoms with Crippen LogP contribution in [-0.4, -0.2) is 6.54 Å². The lowest BCUT2D eigenvalue weighted by atomic mass is 10.0. The summed E-state index contributed by atoms with van der Waals surface area (Å²) in [5.74, 6) is 0. The second-order valence-corrected chi connectivity index (χ2v) is 4.32. The average Bonchev–Trinajstić information content (AvgIpc) is 2.30. The lowest BCUT2D eigenvalue weighted by molar-refractivity contribution is 0.680. The third-order valence-corrected chi connectivity index (χ3v) is 3.33. The fourth-order valence-corrected chi connectivity index (χ4v) is 2.40. The number of aryl methyl sites for hydroxylation is 1. The summed E-state index contributed by atoms with van der Waals surface area (Å²) in [6, 6.07) is 6.60. The Morgan fingerprint density at radius 2 is 2.25 bits per heavy atom. The molecule has 2 heteroatoms. The molecule has 0 aromatic heterocycles. The summed E-state index contributed by atoms with van der Waals surface area (Å²) >= 11 is 2.42. The van der Waals surface area contributed by atoms with Crippen LogP contribution in [0.4, 0.5) is 0 Å².